The Morgan fingerprint density at radius 1 is 1.10 bits per heavy atom. The van der Waals surface area contributed by atoms with E-state index in [4.69, 9.17) is 9.47 Å². The normalized spacial score (nSPS) is 12.1. The summed E-state index contributed by atoms with van der Waals surface area (Å²) in [5.74, 6) is -1.54. The molecule has 0 fully saturated rings. The van der Waals surface area contributed by atoms with E-state index in [0.29, 0.717) is 16.0 Å². The Kier molecular flexibility index (Phi) is 5.61. The van der Waals surface area contributed by atoms with Crippen molar-refractivity contribution in [2.24, 2.45) is 4.99 Å². The molecule has 0 atom stereocenters. The van der Waals surface area contributed by atoms with E-state index >= 15 is 0 Å². The number of aromatic nitrogens is 1. The molecular formula is C22H18F2N2O3S. The fraction of sp³-hybridized carbons (Fsp3) is 0.182. The molecule has 0 aliphatic carbocycles. The van der Waals surface area contributed by atoms with E-state index < -0.39 is 17.5 Å². The standard InChI is InChI=1S/C22H18F2N2O3S/c1-28-8-7-26-20-17(24)11-15(23)12-19(20)30-22(26)25-21(27)16-9-13-5-3-4-6-14(13)10-18(16)29-2/h3-6,9-12H,7-8H2,1-2H3. The number of carbonyl (C=O) groups excluding carboxylic acids is 1. The molecule has 3 aromatic carbocycles. The fourth-order valence-corrected chi connectivity index (χ4v) is 4.40. The summed E-state index contributed by atoms with van der Waals surface area (Å²) in [5.41, 5.74) is 0.481. The van der Waals surface area contributed by atoms with Crippen LogP contribution in [0.4, 0.5) is 8.78 Å². The largest absolute Gasteiger partial charge is 0.496 e. The minimum Gasteiger partial charge on any atom is -0.496 e. The molecule has 4 aromatic rings. The maximum Gasteiger partial charge on any atom is 0.283 e. The second-order valence-corrected chi connectivity index (χ2v) is 7.59. The van der Waals surface area contributed by atoms with E-state index in [1.165, 1.54) is 24.9 Å². The molecule has 0 aliphatic heterocycles. The Morgan fingerprint density at radius 2 is 1.83 bits per heavy atom. The molecule has 1 heterocycles. The number of methoxy groups -OCH3 is 2. The van der Waals surface area contributed by atoms with Gasteiger partial charge in [-0.2, -0.15) is 4.99 Å². The number of ether oxygens (including phenoxy) is 2. The zero-order valence-corrected chi connectivity index (χ0v) is 17.1. The van der Waals surface area contributed by atoms with Crippen molar-refractivity contribution in [2.75, 3.05) is 20.8 Å². The summed E-state index contributed by atoms with van der Waals surface area (Å²) in [6, 6.07) is 13.1. The molecule has 8 heteroatoms. The number of benzene rings is 3. The number of hydrogen-bond acceptors (Lipinski definition) is 4. The van der Waals surface area contributed by atoms with Crippen molar-refractivity contribution < 1.29 is 23.0 Å². The topological polar surface area (TPSA) is 52.8 Å². The molecule has 0 N–H and O–H groups in total. The van der Waals surface area contributed by atoms with Crippen LogP contribution in [0.5, 0.6) is 5.75 Å². The van der Waals surface area contributed by atoms with Crippen LogP contribution in [0.1, 0.15) is 10.4 Å². The van der Waals surface area contributed by atoms with Gasteiger partial charge in [0.25, 0.3) is 5.91 Å². The van der Waals surface area contributed by atoms with Crippen molar-refractivity contribution in [3.8, 4) is 5.75 Å². The van der Waals surface area contributed by atoms with Crippen LogP contribution in [0.3, 0.4) is 0 Å². The average Bonchev–Trinajstić information content (AvgIpc) is 3.07. The van der Waals surface area contributed by atoms with Crippen LogP contribution in [0, 0.1) is 11.6 Å². The van der Waals surface area contributed by atoms with Crippen molar-refractivity contribution in [3.63, 3.8) is 0 Å². The highest BCUT2D eigenvalue weighted by molar-refractivity contribution is 7.16. The molecule has 1 amide bonds. The molecule has 0 aliphatic rings. The lowest BCUT2D eigenvalue weighted by atomic mass is 10.1. The highest BCUT2D eigenvalue weighted by Gasteiger charge is 2.17. The first-order valence-corrected chi connectivity index (χ1v) is 9.96. The number of thiazole rings is 1. The number of fused-ring (bicyclic) bond motifs is 2. The summed E-state index contributed by atoms with van der Waals surface area (Å²) in [5, 5.41) is 1.80. The summed E-state index contributed by atoms with van der Waals surface area (Å²) in [4.78, 5) is 17.5. The number of rotatable bonds is 5. The first-order valence-electron chi connectivity index (χ1n) is 9.15. The van der Waals surface area contributed by atoms with Crippen molar-refractivity contribution in [1.82, 2.24) is 4.57 Å². The maximum atomic E-state index is 14.5. The third-order valence-electron chi connectivity index (χ3n) is 4.71. The summed E-state index contributed by atoms with van der Waals surface area (Å²) < 4.78 is 40.5. The lowest BCUT2D eigenvalue weighted by Crippen LogP contribution is -2.20. The Balaban J connectivity index is 1.89. The summed E-state index contributed by atoms with van der Waals surface area (Å²) >= 11 is 1.04. The van der Waals surface area contributed by atoms with E-state index in [9.17, 15) is 13.6 Å². The Morgan fingerprint density at radius 3 is 2.53 bits per heavy atom. The minimum absolute atomic E-state index is 0.190. The third kappa shape index (κ3) is 3.71. The average molecular weight is 428 g/mol. The summed E-state index contributed by atoms with van der Waals surface area (Å²) in [7, 11) is 3.00. The predicted octanol–water partition coefficient (Wildman–Crippen LogP) is 4.53. The van der Waals surface area contributed by atoms with E-state index in [1.807, 2.05) is 24.3 Å². The van der Waals surface area contributed by atoms with Crippen molar-refractivity contribution in [3.05, 3.63) is 70.5 Å². The molecule has 30 heavy (non-hydrogen) atoms. The highest BCUT2D eigenvalue weighted by atomic mass is 32.1. The molecule has 4 rings (SSSR count). The zero-order chi connectivity index (χ0) is 21.3. The van der Waals surface area contributed by atoms with Gasteiger partial charge in [-0.25, -0.2) is 8.78 Å². The highest BCUT2D eigenvalue weighted by Crippen LogP contribution is 2.27. The van der Waals surface area contributed by atoms with Gasteiger partial charge in [-0.05, 0) is 29.0 Å². The van der Waals surface area contributed by atoms with Gasteiger partial charge < -0.3 is 14.0 Å². The maximum absolute atomic E-state index is 14.5. The second kappa shape index (κ2) is 8.33. The number of nitrogens with zero attached hydrogens (tertiary/aromatic N) is 2. The monoisotopic (exact) mass is 428 g/mol. The Labute approximate surface area is 174 Å². The van der Waals surface area contributed by atoms with Crippen molar-refractivity contribution >= 4 is 38.2 Å². The van der Waals surface area contributed by atoms with Gasteiger partial charge in [-0.1, -0.05) is 35.6 Å². The molecule has 0 radical (unpaired) electrons. The third-order valence-corrected chi connectivity index (χ3v) is 5.74. The molecule has 0 bridgehead atoms. The molecule has 0 spiro atoms. The number of halogens is 2. The van der Waals surface area contributed by atoms with Gasteiger partial charge >= 0.3 is 0 Å². The van der Waals surface area contributed by atoms with E-state index in [0.717, 1.165) is 28.2 Å². The molecule has 0 saturated heterocycles. The van der Waals surface area contributed by atoms with Crippen LogP contribution < -0.4 is 9.54 Å². The molecular weight excluding hydrogens is 410 g/mol. The van der Waals surface area contributed by atoms with Gasteiger partial charge in [-0.15, -0.1) is 0 Å². The molecule has 1 aromatic heterocycles. The summed E-state index contributed by atoms with van der Waals surface area (Å²) in [6.07, 6.45) is 0. The number of amides is 1. The minimum atomic E-state index is -0.713. The van der Waals surface area contributed by atoms with Gasteiger partial charge in [0.15, 0.2) is 10.6 Å². The van der Waals surface area contributed by atoms with Gasteiger partial charge in [-0.3, -0.25) is 4.79 Å². The second-order valence-electron chi connectivity index (χ2n) is 6.58. The van der Waals surface area contributed by atoms with Gasteiger partial charge in [0, 0.05) is 19.7 Å². The first-order chi connectivity index (χ1) is 14.5. The smallest absolute Gasteiger partial charge is 0.283 e. The molecule has 5 nitrogen and oxygen atoms in total. The van der Waals surface area contributed by atoms with Crippen LogP contribution in [0.15, 0.2) is 53.5 Å². The SMILES string of the molecule is COCCn1c(=NC(=O)c2cc3ccccc3cc2OC)sc2cc(F)cc(F)c21. The van der Waals surface area contributed by atoms with Crippen molar-refractivity contribution in [1.29, 1.82) is 0 Å². The number of hydrogen-bond donors (Lipinski definition) is 0. The lowest BCUT2D eigenvalue weighted by Gasteiger charge is -2.08. The van der Waals surface area contributed by atoms with Crippen LogP contribution in [0.25, 0.3) is 21.0 Å². The van der Waals surface area contributed by atoms with Crippen LogP contribution in [-0.2, 0) is 11.3 Å². The number of carbonyl (C=O) groups is 1. The lowest BCUT2D eigenvalue weighted by molar-refractivity contribution is 0.0994. The molecule has 0 saturated carbocycles. The molecule has 154 valence electrons. The Bertz CT molecular complexity index is 1330. The predicted molar refractivity (Wildman–Crippen MR) is 112 cm³/mol. The Hall–Kier alpha value is -3.10. The van der Waals surface area contributed by atoms with Gasteiger partial charge in [0.1, 0.15) is 11.6 Å². The van der Waals surface area contributed by atoms with Crippen LogP contribution in [0.2, 0.25) is 0 Å². The van der Waals surface area contributed by atoms with Gasteiger partial charge in [0.05, 0.1) is 29.5 Å². The van der Waals surface area contributed by atoms with Crippen LogP contribution >= 0.6 is 11.3 Å². The summed E-state index contributed by atoms with van der Waals surface area (Å²) in [6.45, 7) is 0.545. The van der Waals surface area contributed by atoms with Crippen molar-refractivity contribution in [2.45, 2.75) is 6.54 Å². The van der Waals surface area contributed by atoms with E-state index in [-0.39, 0.29) is 23.5 Å². The first kappa shape index (κ1) is 20.2. The van der Waals surface area contributed by atoms with E-state index in [1.54, 1.807) is 12.1 Å². The quantitative estimate of drug-likeness (QED) is 0.469. The van der Waals surface area contributed by atoms with Gasteiger partial charge in [0.2, 0.25) is 0 Å². The fourth-order valence-electron chi connectivity index (χ4n) is 3.31. The van der Waals surface area contributed by atoms with E-state index in [2.05, 4.69) is 4.99 Å². The zero-order valence-electron chi connectivity index (χ0n) is 16.3. The van der Waals surface area contributed by atoms with Crippen LogP contribution in [-0.4, -0.2) is 31.3 Å². The molecule has 0 unspecified atom stereocenters.